The second kappa shape index (κ2) is 11.0. The van der Waals surface area contributed by atoms with Crippen LogP contribution in [0, 0.1) is 11.8 Å². The first-order chi connectivity index (χ1) is 10.2. The molecular formula is C19H38O3. The molecule has 0 aromatic heterocycles. The van der Waals surface area contributed by atoms with Crippen molar-refractivity contribution in [2.24, 2.45) is 11.8 Å². The van der Waals surface area contributed by atoms with Crippen LogP contribution in [-0.4, -0.2) is 24.8 Å². The molecule has 0 radical (unpaired) electrons. The highest BCUT2D eigenvalue weighted by atomic mass is 16.5. The third-order valence-corrected chi connectivity index (χ3v) is 4.30. The van der Waals surface area contributed by atoms with Crippen LogP contribution in [0.15, 0.2) is 0 Å². The molecule has 3 nitrogen and oxygen atoms in total. The molecular weight excluding hydrogens is 276 g/mol. The van der Waals surface area contributed by atoms with Gasteiger partial charge in [-0.2, -0.15) is 0 Å². The Bertz CT molecular complexity index is 297. The minimum atomic E-state index is -0.0580. The minimum Gasteiger partial charge on any atom is -0.463 e. The Morgan fingerprint density at radius 1 is 0.955 bits per heavy atom. The van der Waals surface area contributed by atoms with Crippen molar-refractivity contribution in [2.45, 2.75) is 98.2 Å². The summed E-state index contributed by atoms with van der Waals surface area (Å²) in [6, 6.07) is 0. The van der Waals surface area contributed by atoms with E-state index in [2.05, 4.69) is 27.7 Å². The lowest BCUT2D eigenvalue weighted by molar-refractivity contribution is -0.148. The van der Waals surface area contributed by atoms with Gasteiger partial charge in [-0.3, -0.25) is 4.79 Å². The molecule has 0 aliphatic rings. The van der Waals surface area contributed by atoms with E-state index in [0.717, 1.165) is 18.8 Å². The van der Waals surface area contributed by atoms with Crippen LogP contribution in [-0.2, 0) is 14.3 Å². The molecule has 2 unspecified atom stereocenters. The summed E-state index contributed by atoms with van der Waals surface area (Å²) in [5.41, 5.74) is 0.00497. The van der Waals surface area contributed by atoms with E-state index in [0.29, 0.717) is 12.3 Å². The summed E-state index contributed by atoms with van der Waals surface area (Å²) in [6.45, 7) is 12.6. The van der Waals surface area contributed by atoms with E-state index in [-0.39, 0.29) is 17.7 Å². The summed E-state index contributed by atoms with van der Waals surface area (Å²) in [5.74, 6) is 1.12. The standard InChI is InChI=1S/C19H38O3/c1-15(2)22-18(20)14-17(4)11-8-10-16(3)12-9-13-19(5,6)21-7/h15-17H,8-14H2,1-7H3. The lowest BCUT2D eigenvalue weighted by Gasteiger charge is -2.23. The molecule has 0 N–H and O–H groups in total. The highest BCUT2D eigenvalue weighted by molar-refractivity contribution is 5.69. The Morgan fingerprint density at radius 2 is 1.50 bits per heavy atom. The lowest BCUT2D eigenvalue weighted by Crippen LogP contribution is -2.22. The summed E-state index contributed by atoms with van der Waals surface area (Å²) in [5, 5.41) is 0. The number of carbonyl (C=O) groups is 1. The molecule has 2 atom stereocenters. The van der Waals surface area contributed by atoms with Gasteiger partial charge in [-0.05, 0) is 46.0 Å². The van der Waals surface area contributed by atoms with E-state index in [4.69, 9.17) is 9.47 Å². The van der Waals surface area contributed by atoms with Crippen LogP contribution in [0.3, 0.4) is 0 Å². The molecule has 0 spiro atoms. The van der Waals surface area contributed by atoms with E-state index in [1.165, 1.54) is 25.7 Å². The van der Waals surface area contributed by atoms with Crippen molar-refractivity contribution in [2.75, 3.05) is 7.11 Å². The molecule has 0 aliphatic carbocycles. The molecule has 0 heterocycles. The molecule has 0 fully saturated rings. The topological polar surface area (TPSA) is 35.5 Å². The molecule has 0 bridgehead atoms. The molecule has 0 amide bonds. The highest BCUT2D eigenvalue weighted by Gasteiger charge is 2.16. The fourth-order valence-corrected chi connectivity index (χ4v) is 2.64. The number of carbonyl (C=O) groups excluding carboxylic acids is 1. The minimum absolute atomic E-state index is 0.00364. The zero-order valence-corrected chi connectivity index (χ0v) is 15.9. The Labute approximate surface area is 138 Å². The van der Waals surface area contributed by atoms with Crippen molar-refractivity contribution in [3.8, 4) is 0 Å². The zero-order chi connectivity index (χ0) is 17.2. The first kappa shape index (κ1) is 21.4. The van der Waals surface area contributed by atoms with Crippen LogP contribution >= 0.6 is 0 Å². The maximum absolute atomic E-state index is 11.6. The molecule has 0 rings (SSSR count). The Morgan fingerprint density at radius 3 is 2.05 bits per heavy atom. The first-order valence-electron chi connectivity index (χ1n) is 8.91. The molecule has 0 aromatic rings. The average molecular weight is 315 g/mol. The summed E-state index contributed by atoms with van der Waals surface area (Å²) in [7, 11) is 1.79. The van der Waals surface area contributed by atoms with Gasteiger partial charge >= 0.3 is 5.97 Å². The number of ether oxygens (including phenoxy) is 2. The van der Waals surface area contributed by atoms with Crippen molar-refractivity contribution in [1.29, 1.82) is 0 Å². The number of methoxy groups -OCH3 is 1. The number of rotatable bonds is 12. The second-order valence-electron chi connectivity index (χ2n) is 7.74. The van der Waals surface area contributed by atoms with E-state index in [1.54, 1.807) is 7.11 Å². The molecule has 22 heavy (non-hydrogen) atoms. The summed E-state index contributed by atoms with van der Waals surface area (Å²) < 4.78 is 10.6. The monoisotopic (exact) mass is 314 g/mol. The van der Waals surface area contributed by atoms with Crippen molar-refractivity contribution >= 4 is 5.97 Å². The van der Waals surface area contributed by atoms with Gasteiger partial charge in [-0.15, -0.1) is 0 Å². The van der Waals surface area contributed by atoms with Crippen molar-refractivity contribution in [1.82, 2.24) is 0 Å². The summed E-state index contributed by atoms with van der Waals surface area (Å²) in [4.78, 5) is 11.6. The zero-order valence-electron chi connectivity index (χ0n) is 15.9. The first-order valence-corrected chi connectivity index (χ1v) is 8.91. The largest absolute Gasteiger partial charge is 0.463 e. The molecule has 0 saturated carbocycles. The van der Waals surface area contributed by atoms with E-state index < -0.39 is 0 Å². The molecule has 0 aromatic carbocycles. The summed E-state index contributed by atoms with van der Waals surface area (Å²) in [6.07, 6.45) is 7.70. The van der Waals surface area contributed by atoms with E-state index in [1.807, 2.05) is 13.8 Å². The van der Waals surface area contributed by atoms with E-state index in [9.17, 15) is 4.79 Å². The van der Waals surface area contributed by atoms with Crippen LogP contribution in [0.1, 0.15) is 86.5 Å². The third-order valence-electron chi connectivity index (χ3n) is 4.30. The predicted molar refractivity (Wildman–Crippen MR) is 93.0 cm³/mol. The summed E-state index contributed by atoms with van der Waals surface area (Å²) >= 11 is 0. The lowest BCUT2D eigenvalue weighted by atomic mass is 9.92. The van der Waals surface area contributed by atoms with Crippen LogP contribution < -0.4 is 0 Å². The molecule has 3 heteroatoms. The Hall–Kier alpha value is -0.570. The van der Waals surface area contributed by atoms with E-state index >= 15 is 0 Å². The molecule has 132 valence electrons. The van der Waals surface area contributed by atoms with Crippen LogP contribution in [0.25, 0.3) is 0 Å². The SMILES string of the molecule is COC(C)(C)CCCC(C)CCCC(C)CC(=O)OC(C)C. The normalized spacial score (nSPS) is 14.9. The number of hydrogen-bond acceptors (Lipinski definition) is 3. The van der Waals surface area contributed by atoms with Gasteiger partial charge in [0.2, 0.25) is 0 Å². The number of esters is 1. The highest BCUT2D eigenvalue weighted by Crippen LogP contribution is 2.22. The Kier molecular flexibility index (Phi) is 10.8. The van der Waals surface area contributed by atoms with Gasteiger partial charge < -0.3 is 9.47 Å². The fraction of sp³-hybridized carbons (Fsp3) is 0.947. The Balaban J connectivity index is 3.70. The van der Waals surface area contributed by atoms with Gasteiger partial charge in [0.1, 0.15) is 0 Å². The maximum Gasteiger partial charge on any atom is 0.306 e. The second-order valence-corrected chi connectivity index (χ2v) is 7.74. The maximum atomic E-state index is 11.6. The predicted octanol–water partition coefficient (Wildman–Crippen LogP) is 5.37. The van der Waals surface area contributed by atoms with Gasteiger partial charge in [-0.25, -0.2) is 0 Å². The van der Waals surface area contributed by atoms with Gasteiger partial charge in [-0.1, -0.05) is 46.0 Å². The third kappa shape index (κ3) is 12.0. The van der Waals surface area contributed by atoms with Gasteiger partial charge in [0.25, 0.3) is 0 Å². The average Bonchev–Trinajstić information content (AvgIpc) is 2.37. The quantitative estimate of drug-likeness (QED) is 0.454. The van der Waals surface area contributed by atoms with Crippen molar-refractivity contribution in [3.05, 3.63) is 0 Å². The van der Waals surface area contributed by atoms with Gasteiger partial charge in [0.15, 0.2) is 0 Å². The fourth-order valence-electron chi connectivity index (χ4n) is 2.64. The van der Waals surface area contributed by atoms with Crippen LogP contribution in [0.2, 0.25) is 0 Å². The van der Waals surface area contributed by atoms with Gasteiger partial charge in [0.05, 0.1) is 11.7 Å². The smallest absolute Gasteiger partial charge is 0.306 e. The van der Waals surface area contributed by atoms with Crippen LogP contribution in [0.4, 0.5) is 0 Å². The van der Waals surface area contributed by atoms with Gasteiger partial charge in [0, 0.05) is 13.5 Å². The van der Waals surface area contributed by atoms with Crippen molar-refractivity contribution < 1.29 is 14.3 Å². The van der Waals surface area contributed by atoms with Crippen molar-refractivity contribution in [3.63, 3.8) is 0 Å². The number of hydrogen-bond donors (Lipinski definition) is 0. The van der Waals surface area contributed by atoms with Crippen LogP contribution in [0.5, 0.6) is 0 Å². The molecule has 0 saturated heterocycles. The molecule has 0 aliphatic heterocycles.